The van der Waals surface area contributed by atoms with Gasteiger partial charge in [0.2, 0.25) is 0 Å². The molecule has 0 unspecified atom stereocenters. The Morgan fingerprint density at radius 1 is 1.17 bits per heavy atom. The van der Waals surface area contributed by atoms with Gasteiger partial charge in [0.25, 0.3) is 0 Å². The molecule has 7 heteroatoms. The minimum atomic E-state index is -3.64. The first-order valence-electron chi connectivity index (χ1n) is 6.86. The number of hydrogen-bond donors (Lipinski definition) is 1. The van der Waals surface area contributed by atoms with Crippen LogP contribution in [0.4, 0.5) is 4.39 Å². The summed E-state index contributed by atoms with van der Waals surface area (Å²) in [6, 6.07) is 11.8. The van der Waals surface area contributed by atoms with E-state index in [4.69, 9.17) is 29.6 Å². The van der Waals surface area contributed by atoms with E-state index in [0.717, 1.165) is 0 Å². The molecule has 3 rings (SSSR count). The maximum atomic E-state index is 13.4. The highest BCUT2D eigenvalue weighted by molar-refractivity contribution is 7.92. The third-order valence-corrected chi connectivity index (χ3v) is 6.77. The molecule has 2 aromatic carbocycles. The highest BCUT2D eigenvalue weighted by Crippen LogP contribution is 2.54. The summed E-state index contributed by atoms with van der Waals surface area (Å²) in [4.78, 5) is 0.286. The molecule has 3 atom stereocenters. The fourth-order valence-electron chi connectivity index (χ4n) is 2.90. The Balaban J connectivity index is 2.00. The maximum Gasteiger partial charge on any atom is 0.182 e. The second kappa shape index (κ2) is 5.85. The molecule has 3 nitrogen and oxygen atoms in total. The fraction of sp³-hybridized carbons (Fsp3) is 0.188. The van der Waals surface area contributed by atoms with Crippen molar-refractivity contribution in [2.24, 2.45) is 11.7 Å². The minimum absolute atomic E-state index is 0.127. The summed E-state index contributed by atoms with van der Waals surface area (Å²) in [7, 11) is -3.64. The zero-order valence-corrected chi connectivity index (χ0v) is 14.2. The van der Waals surface area contributed by atoms with Gasteiger partial charge in [-0.25, -0.2) is 12.8 Å². The van der Waals surface area contributed by atoms with Gasteiger partial charge in [-0.15, -0.1) is 0 Å². The van der Waals surface area contributed by atoms with E-state index >= 15 is 0 Å². The Morgan fingerprint density at radius 2 is 1.83 bits per heavy atom. The number of sulfone groups is 1. The van der Waals surface area contributed by atoms with Crippen molar-refractivity contribution in [3.05, 3.63) is 64.9 Å². The smallest absolute Gasteiger partial charge is 0.182 e. The van der Waals surface area contributed by atoms with E-state index in [0.29, 0.717) is 10.6 Å². The molecule has 120 valence electrons. The number of halogens is 2. The lowest BCUT2D eigenvalue weighted by molar-refractivity contribution is 0.593. The van der Waals surface area contributed by atoms with Gasteiger partial charge in [0.05, 0.1) is 15.1 Å². The zero-order valence-electron chi connectivity index (χ0n) is 11.8. The minimum Gasteiger partial charge on any atom is -0.393 e. The highest BCUT2D eigenvalue weighted by atomic mass is 35.5. The Kier molecular flexibility index (Phi) is 4.16. The third kappa shape index (κ3) is 2.98. The molecular weight excluding hydrogens is 357 g/mol. The number of thiocarbonyl (C=S) groups is 1. The second-order valence-corrected chi connectivity index (χ2v) is 8.49. The molecule has 0 radical (unpaired) electrons. The molecule has 1 saturated carbocycles. The van der Waals surface area contributed by atoms with Gasteiger partial charge < -0.3 is 5.73 Å². The van der Waals surface area contributed by atoms with Gasteiger partial charge in [-0.3, -0.25) is 0 Å². The number of rotatable bonds is 4. The van der Waals surface area contributed by atoms with E-state index < -0.39 is 32.7 Å². The number of benzene rings is 2. The molecule has 0 saturated heterocycles. The van der Waals surface area contributed by atoms with Crippen LogP contribution in [-0.2, 0) is 9.84 Å². The first kappa shape index (κ1) is 16.4. The van der Waals surface area contributed by atoms with Crippen molar-refractivity contribution >= 4 is 38.6 Å². The molecule has 0 aliphatic heterocycles. The number of nitrogens with two attached hydrogens (primary N) is 1. The second-order valence-electron chi connectivity index (χ2n) is 5.47. The van der Waals surface area contributed by atoms with Gasteiger partial charge in [-0.1, -0.05) is 36.0 Å². The average Bonchev–Trinajstić information content (AvgIpc) is 3.24. The fourth-order valence-corrected chi connectivity index (χ4v) is 5.56. The third-order valence-electron chi connectivity index (χ3n) is 4.02. The van der Waals surface area contributed by atoms with Crippen molar-refractivity contribution in [1.29, 1.82) is 0 Å². The van der Waals surface area contributed by atoms with Crippen molar-refractivity contribution < 1.29 is 12.8 Å². The normalized spacial score (nSPS) is 23.5. The van der Waals surface area contributed by atoms with Crippen LogP contribution in [0.3, 0.4) is 0 Å². The van der Waals surface area contributed by atoms with E-state index in [1.807, 2.05) is 0 Å². The van der Waals surface area contributed by atoms with Crippen molar-refractivity contribution in [1.82, 2.24) is 0 Å². The summed E-state index contributed by atoms with van der Waals surface area (Å²) in [6.07, 6.45) is 0. The summed E-state index contributed by atoms with van der Waals surface area (Å²) >= 11 is 10.8. The average molecular weight is 370 g/mol. The summed E-state index contributed by atoms with van der Waals surface area (Å²) in [5, 5.41) is -0.324. The lowest BCUT2D eigenvalue weighted by atomic mass is 10.1. The summed E-state index contributed by atoms with van der Waals surface area (Å²) in [6.45, 7) is 0. The standard InChI is InChI=1S/C16H13ClFNO2S2/c17-10-4-6-12(7-5-10)23(20,21)15-13(14(15)16(19)22)9-2-1-3-11(18)8-9/h1-8,13-15H,(H2,19,22)/t13-,14-,15-/m1/s1. The Morgan fingerprint density at radius 3 is 2.39 bits per heavy atom. The zero-order chi connectivity index (χ0) is 16.8. The predicted molar refractivity (Wildman–Crippen MR) is 91.8 cm³/mol. The molecule has 1 aliphatic carbocycles. The number of hydrogen-bond acceptors (Lipinski definition) is 3. The van der Waals surface area contributed by atoms with Crippen LogP contribution in [0.25, 0.3) is 0 Å². The van der Waals surface area contributed by atoms with Crippen molar-refractivity contribution in [3.8, 4) is 0 Å². The Bertz CT molecular complexity index is 868. The van der Waals surface area contributed by atoms with Crippen molar-refractivity contribution in [3.63, 3.8) is 0 Å². The topological polar surface area (TPSA) is 60.2 Å². The quantitative estimate of drug-likeness (QED) is 0.840. The monoisotopic (exact) mass is 369 g/mol. The summed E-state index contributed by atoms with van der Waals surface area (Å²) in [5.74, 6) is -1.34. The van der Waals surface area contributed by atoms with Gasteiger partial charge in [0.15, 0.2) is 9.84 Å². The van der Waals surface area contributed by atoms with Gasteiger partial charge in [0, 0.05) is 16.9 Å². The van der Waals surface area contributed by atoms with Crippen LogP contribution in [0.5, 0.6) is 0 Å². The Labute approximate surface area is 144 Å². The van der Waals surface area contributed by atoms with E-state index in [-0.39, 0.29) is 9.88 Å². The van der Waals surface area contributed by atoms with Gasteiger partial charge >= 0.3 is 0 Å². The summed E-state index contributed by atoms with van der Waals surface area (Å²) < 4.78 is 39.1. The van der Waals surface area contributed by atoms with Gasteiger partial charge in [0.1, 0.15) is 5.82 Å². The molecular formula is C16H13ClFNO2S2. The predicted octanol–water partition coefficient (Wildman–Crippen LogP) is 3.32. The van der Waals surface area contributed by atoms with Crippen LogP contribution in [0, 0.1) is 11.7 Å². The van der Waals surface area contributed by atoms with E-state index in [1.165, 1.54) is 36.4 Å². The molecule has 0 bridgehead atoms. The molecule has 0 amide bonds. The first-order valence-corrected chi connectivity index (χ1v) is 9.20. The lowest BCUT2D eigenvalue weighted by Gasteiger charge is -2.04. The van der Waals surface area contributed by atoms with E-state index in [2.05, 4.69) is 0 Å². The maximum absolute atomic E-state index is 13.4. The molecule has 23 heavy (non-hydrogen) atoms. The van der Waals surface area contributed by atoms with Crippen molar-refractivity contribution in [2.45, 2.75) is 16.1 Å². The van der Waals surface area contributed by atoms with Gasteiger partial charge in [-0.05, 0) is 42.0 Å². The molecule has 0 heterocycles. The van der Waals surface area contributed by atoms with Crippen molar-refractivity contribution in [2.75, 3.05) is 0 Å². The molecule has 2 aromatic rings. The van der Waals surface area contributed by atoms with Crippen LogP contribution >= 0.6 is 23.8 Å². The molecule has 1 fully saturated rings. The van der Waals surface area contributed by atoms with Crippen LogP contribution < -0.4 is 5.73 Å². The Hall–Kier alpha value is -1.50. The van der Waals surface area contributed by atoms with E-state index in [1.54, 1.807) is 12.1 Å². The first-order chi connectivity index (χ1) is 10.8. The largest absolute Gasteiger partial charge is 0.393 e. The van der Waals surface area contributed by atoms with Crippen LogP contribution in [0.2, 0.25) is 5.02 Å². The van der Waals surface area contributed by atoms with E-state index in [9.17, 15) is 12.8 Å². The van der Waals surface area contributed by atoms with Crippen LogP contribution in [0.1, 0.15) is 11.5 Å². The SMILES string of the molecule is NC(=S)[C@@H]1[C@@H](c2cccc(F)c2)[C@H]1S(=O)(=O)c1ccc(Cl)cc1. The molecule has 1 aliphatic rings. The molecule has 0 aromatic heterocycles. The highest BCUT2D eigenvalue weighted by Gasteiger charge is 2.60. The van der Waals surface area contributed by atoms with Gasteiger partial charge in [-0.2, -0.15) is 0 Å². The molecule has 0 spiro atoms. The van der Waals surface area contributed by atoms with Crippen LogP contribution in [0.15, 0.2) is 53.4 Å². The lowest BCUT2D eigenvalue weighted by Crippen LogP contribution is -2.17. The summed E-state index contributed by atoms with van der Waals surface area (Å²) in [5.41, 5.74) is 6.29. The molecule has 2 N–H and O–H groups in total. The van der Waals surface area contributed by atoms with Crippen LogP contribution in [-0.4, -0.2) is 18.7 Å².